The Bertz CT molecular complexity index is 282. The minimum absolute atomic E-state index is 0.0886. The molecule has 0 bridgehead atoms. The first-order valence-electron chi connectivity index (χ1n) is 4.69. The van der Waals surface area contributed by atoms with Gasteiger partial charge in [-0.2, -0.15) is 0 Å². The van der Waals surface area contributed by atoms with Gasteiger partial charge < -0.3 is 14.2 Å². The maximum Gasteiger partial charge on any atom is 0.303 e. The van der Waals surface area contributed by atoms with Gasteiger partial charge in [-0.3, -0.25) is 4.79 Å². The van der Waals surface area contributed by atoms with Crippen molar-refractivity contribution in [3.05, 3.63) is 12.2 Å². The number of hydrogen-bond acceptors (Lipinski definition) is 4. The molecule has 0 N–H and O–H groups in total. The molecule has 1 fully saturated rings. The van der Waals surface area contributed by atoms with Crippen LogP contribution < -0.4 is 0 Å². The third-order valence-corrected chi connectivity index (χ3v) is 2.28. The van der Waals surface area contributed by atoms with E-state index in [1.54, 1.807) is 0 Å². The summed E-state index contributed by atoms with van der Waals surface area (Å²) in [4.78, 5) is 10.8. The largest absolute Gasteiger partial charge is 0.455 e. The predicted octanol–water partition coefficient (Wildman–Crippen LogP) is 1.01. The number of rotatable bonds is 1. The summed E-state index contributed by atoms with van der Waals surface area (Å²) in [5.74, 6) is -0.882. The van der Waals surface area contributed by atoms with Crippen LogP contribution >= 0.6 is 0 Å². The highest BCUT2D eigenvalue weighted by molar-refractivity contribution is 5.66. The Hall–Kier alpha value is -0.870. The fraction of sp³-hybridized carbons (Fsp3) is 0.700. The normalized spacial score (nSPS) is 38.4. The highest BCUT2D eigenvalue weighted by atomic mass is 16.8. The minimum Gasteiger partial charge on any atom is -0.455 e. The molecule has 0 aromatic carbocycles. The topological polar surface area (TPSA) is 44.8 Å². The summed E-state index contributed by atoms with van der Waals surface area (Å²) >= 11 is 0. The number of fused-ring (bicyclic) bond motifs is 1. The number of esters is 1. The van der Waals surface area contributed by atoms with E-state index in [2.05, 4.69) is 0 Å². The zero-order valence-corrected chi connectivity index (χ0v) is 8.52. The lowest BCUT2D eigenvalue weighted by molar-refractivity contribution is -0.165. The molecular formula is C10H14O4. The van der Waals surface area contributed by atoms with Crippen LogP contribution in [0.4, 0.5) is 0 Å². The van der Waals surface area contributed by atoms with Gasteiger partial charge in [-0.1, -0.05) is 6.08 Å². The van der Waals surface area contributed by atoms with E-state index in [4.69, 9.17) is 14.2 Å². The molecule has 2 aliphatic rings. The maximum absolute atomic E-state index is 10.8. The molecule has 1 saturated heterocycles. The molecular weight excluding hydrogens is 184 g/mol. The Morgan fingerprint density at radius 2 is 2.07 bits per heavy atom. The van der Waals surface area contributed by atoms with Crippen molar-refractivity contribution in [1.29, 1.82) is 0 Å². The van der Waals surface area contributed by atoms with Crippen LogP contribution in [0.15, 0.2) is 12.2 Å². The third-order valence-electron chi connectivity index (χ3n) is 2.28. The second-order valence-corrected chi connectivity index (χ2v) is 4.02. The van der Waals surface area contributed by atoms with E-state index < -0.39 is 5.79 Å². The molecule has 4 heteroatoms. The van der Waals surface area contributed by atoms with E-state index in [-0.39, 0.29) is 24.3 Å². The summed E-state index contributed by atoms with van der Waals surface area (Å²) in [5, 5.41) is 0. The van der Waals surface area contributed by atoms with E-state index in [9.17, 15) is 4.79 Å². The van der Waals surface area contributed by atoms with Crippen LogP contribution in [-0.4, -0.2) is 30.1 Å². The first kappa shape index (κ1) is 9.68. The molecule has 2 rings (SSSR count). The highest BCUT2D eigenvalue weighted by Crippen LogP contribution is 2.35. The molecule has 0 aromatic heterocycles. The van der Waals surface area contributed by atoms with Gasteiger partial charge >= 0.3 is 5.97 Å². The van der Waals surface area contributed by atoms with Crippen LogP contribution in [0.25, 0.3) is 0 Å². The van der Waals surface area contributed by atoms with E-state index in [1.165, 1.54) is 6.92 Å². The Morgan fingerprint density at radius 3 is 2.71 bits per heavy atom. The lowest BCUT2D eigenvalue weighted by Crippen LogP contribution is -2.32. The van der Waals surface area contributed by atoms with Crippen molar-refractivity contribution in [1.82, 2.24) is 0 Å². The Morgan fingerprint density at radius 1 is 1.36 bits per heavy atom. The molecule has 4 nitrogen and oxygen atoms in total. The summed E-state index contributed by atoms with van der Waals surface area (Å²) in [7, 11) is 0. The van der Waals surface area contributed by atoms with E-state index in [0.29, 0.717) is 0 Å². The zero-order valence-electron chi connectivity index (χ0n) is 8.52. The van der Waals surface area contributed by atoms with Crippen molar-refractivity contribution in [2.45, 2.75) is 44.9 Å². The summed E-state index contributed by atoms with van der Waals surface area (Å²) in [6, 6.07) is 0. The number of carbonyl (C=O) groups excluding carboxylic acids is 1. The van der Waals surface area contributed by atoms with Crippen LogP contribution in [-0.2, 0) is 19.0 Å². The average Bonchev–Trinajstić information content (AvgIpc) is 2.47. The molecule has 1 aliphatic heterocycles. The Kier molecular flexibility index (Phi) is 2.12. The quantitative estimate of drug-likeness (QED) is 0.466. The number of ether oxygens (including phenoxy) is 3. The van der Waals surface area contributed by atoms with Crippen LogP contribution in [0.3, 0.4) is 0 Å². The molecule has 0 amide bonds. The van der Waals surface area contributed by atoms with Crippen LogP contribution in [0.2, 0.25) is 0 Å². The van der Waals surface area contributed by atoms with Gasteiger partial charge in [0, 0.05) is 6.92 Å². The molecule has 0 radical (unpaired) electrons. The van der Waals surface area contributed by atoms with Crippen LogP contribution in [0.5, 0.6) is 0 Å². The fourth-order valence-corrected chi connectivity index (χ4v) is 1.85. The molecule has 0 aromatic rings. The van der Waals surface area contributed by atoms with Gasteiger partial charge in [-0.25, -0.2) is 0 Å². The first-order chi connectivity index (χ1) is 6.48. The highest BCUT2D eigenvalue weighted by Gasteiger charge is 2.47. The molecule has 78 valence electrons. The molecule has 0 unspecified atom stereocenters. The summed E-state index contributed by atoms with van der Waals surface area (Å²) in [6.45, 7) is 5.09. The average molecular weight is 198 g/mol. The summed E-state index contributed by atoms with van der Waals surface area (Å²) in [5.41, 5.74) is 0. The van der Waals surface area contributed by atoms with Crippen molar-refractivity contribution in [3.8, 4) is 0 Å². The van der Waals surface area contributed by atoms with Crippen LogP contribution in [0, 0.1) is 0 Å². The van der Waals surface area contributed by atoms with Crippen molar-refractivity contribution in [2.75, 3.05) is 0 Å². The van der Waals surface area contributed by atoms with Crippen molar-refractivity contribution in [2.24, 2.45) is 0 Å². The molecule has 1 heterocycles. The van der Waals surface area contributed by atoms with Gasteiger partial charge in [0.15, 0.2) is 5.79 Å². The van der Waals surface area contributed by atoms with Gasteiger partial charge in [0.2, 0.25) is 0 Å². The zero-order chi connectivity index (χ0) is 10.3. The van der Waals surface area contributed by atoms with E-state index >= 15 is 0 Å². The molecule has 0 saturated carbocycles. The molecule has 1 aliphatic carbocycles. The van der Waals surface area contributed by atoms with Gasteiger partial charge in [-0.05, 0) is 19.9 Å². The van der Waals surface area contributed by atoms with E-state index in [1.807, 2.05) is 26.0 Å². The monoisotopic (exact) mass is 198 g/mol. The van der Waals surface area contributed by atoms with Gasteiger partial charge in [0.1, 0.15) is 18.3 Å². The number of carbonyl (C=O) groups is 1. The first-order valence-corrected chi connectivity index (χ1v) is 4.69. The SMILES string of the molecule is CC(=O)O[C@H]1C=C[C@@H]2OC(C)(C)O[C@H]12. The molecule has 14 heavy (non-hydrogen) atoms. The smallest absolute Gasteiger partial charge is 0.303 e. The fourth-order valence-electron chi connectivity index (χ4n) is 1.85. The minimum atomic E-state index is -0.585. The third kappa shape index (κ3) is 1.67. The van der Waals surface area contributed by atoms with E-state index in [0.717, 1.165) is 0 Å². The van der Waals surface area contributed by atoms with Gasteiger partial charge in [-0.15, -0.1) is 0 Å². The van der Waals surface area contributed by atoms with Crippen molar-refractivity contribution < 1.29 is 19.0 Å². The molecule has 3 atom stereocenters. The van der Waals surface area contributed by atoms with Crippen molar-refractivity contribution >= 4 is 5.97 Å². The predicted molar refractivity (Wildman–Crippen MR) is 48.5 cm³/mol. The molecule has 0 spiro atoms. The second-order valence-electron chi connectivity index (χ2n) is 4.02. The lowest BCUT2D eigenvalue weighted by Gasteiger charge is -2.20. The van der Waals surface area contributed by atoms with Gasteiger partial charge in [0.25, 0.3) is 0 Å². The standard InChI is InChI=1S/C10H14O4/c1-6(11)12-7-4-5-8-9(7)14-10(2,3)13-8/h4-5,7-9H,1-3H3/t7-,8-,9+/m0/s1. The van der Waals surface area contributed by atoms with Gasteiger partial charge in [0.05, 0.1) is 0 Å². The summed E-state index contributed by atoms with van der Waals surface area (Å²) < 4.78 is 16.3. The Labute approximate surface area is 82.8 Å². The second kappa shape index (κ2) is 3.07. The maximum atomic E-state index is 10.8. The van der Waals surface area contributed by atoms with Crippen molar-refractivity contribution in [3.63, 3.8) is 0 Å². The Balaban J connectivity index is 2.05. The van der Waals surface area contributed by atoms with Crippen LogP contribution in [0.1, 0.15) is 20.8 Å². The number of hydrogen-bond donors (Lipinski definition) is 0. The summed E-state index contributed by atoms with van der Waals surface area (Å²) in [6.07, 6.45) is 3.11. The lowest BCUT2D eigenvalue weighted by atomic mass is 10.2.